The summed E-state index contributed by atoms with van der Waals surface area (Å²) in [5.74, 6) is 0. The molecule has 2 rings (SSSR count). The summed E-state index contributed by atoms with van der Waals surface area (Å²) in [4.78, 5) is 11.5. The highest BCUT2D eigenvalue weighted by molar-refractivity contribution is 9.11. The van der Waals surface area contributed by atoms with Gasteiger partial charge < -0.3 is 10.6 Å². The van der Waals surface area contributed by atoms with Crippen molar-refractivity contribution in [1.29, 1.82) is 0 Å². The summed E-state index contributed by atoms with van der Waals surface area (Å²) >= 11 is 3.18. The summed E-state index contributed by atoms with van der Waals surface area (Å²) < 4.78 is 2.50. The van der Waals surface area contributed by atoms with Crippen LogP contribution in [-0.2, 0) is 6.54 Å². The van der Waals surface area contributed by atoms with Gasteiger partial charge in [-0.1, -0.05) is 40.7 Å². The van der Waals surface area contributed by atoms with Crippen molar-refractivity contribution in [3.63, 3.8) is 0 Å². The van der Waals surface area contributed by atoms with Crippen LogP contribution >= 0.6 is 15.9 Å². The van der Waals surface area contributed by atoms with Crippen LogP contribution in [0.4, 0.5) is 4.79 Å². The second-order valence-corrected chi connectivity index (χ2v) is 5.30. The highest BCUT2D eigenvalue weighted by Crippen LogP contribution is 2.07. The Morgan fingerprint density at radius 2 is 2.05 bits per heavy atom. The SMILES string of the molecule is C=C(Br)CNC(=O)NCc1cnn(-c2ccccc2)c1. The topological polar surface area (TPSA) is 59.0 Å². The number of hydrogen-bond donors (Lipinski definition) is 2. The molecule has 0 radical (unpaired) electrons. The van der Waals surface area contributed by atoms with Gasteiger partial charge in [0.2, 0.25) is 0 Å². The normalized spacial score (nSPS) is 10.1. The number of urea groups is 1. The van der Waals surface area contributed by atoms with Gasteiger partial charge in [-0.15, -0.1) is 0 Å². The third-order valence-corrected chi connectivity index (χ3v) is 2.83. The number of carbonyl (C=O) groups is 1. The van der Waals surface area contributed by atoms with Crippen LogP contribution in [0.5, 0.6) is 0 Å². The molecule has 0 aliphatic heterocycles. The predicted molar refractivity (Wildman–Crippen MR) is 81.9 cm³/mol. The zero-order valence-corrected chi connectivity index (χ0v) is 12.4. The molecule has 2 aromatic rings. The van der Waals surface area contributed by atoms with Gasteiger partial charge in [0, 0.05) is 22.8 Å². The van der Waals surface area contributed by atoms with Gasteiger partial charge in [0.25, 0.3) is 0 Å². The lowest BCUT2D eigenvalue weighted by molar-refractivity contribution is 0.241. The molecule has 0 saturated carbocycles. The second-order valence-electron chi connectivity index (χ2n) is 4.18. The van der Waals surface area contributed by atoms with Crippen molar-refractivity contribution in [2.75, 3.05) is 6.54 Å². The first-order valence-electron chi connectivity index (χ1n) is 6.09. The van der Waals surface area contributed by atoms with Crippen LogP contribution in [0.25, 0.3) is 5.69 Å². The molecule has 1 heterocycles. The van der Waals surface area contributed by atoms with Gasteiger partial charge in [-0.25, -0.2) is 9.48 Å². The van der Waals surface area contributed by atoms with Crippen molar-refractivity contribution < 1.29 is 4.79 Å². The highest BCUT2D eigenvalue weighted by Gasteiger charge is 2.03. The van der Waals surface area contributed by atoms with E-state index in [9.17, 15) is 4.79 Å². The first kappa shape index (κ1) is 14.3. The number of carbonyl (C=O) groups excluding carboxylic acids is 1. The van der Waals surface area contributed by atoms with E-state index in [4.69, 9.17) is 0 Å². The largest absolute Gasteiger partial charge is 0.334 e. The molecule has 0 fully saturated rings. The maximum Gasteiger partial charge on any atom is 0.315 e. The standard InChI is InChI=1S/C14H15BrN4O/c1-11(15)7-16-14(20)17-8-12-9-18-19(10-12)13-5-3-2-4-6-13/h2-6,9-10H,1,7-8H2,(H2,16,17,20). The number of amides is 2. The monoisotopic (exact) mass is 334 g/mol. The number of aromatic nitrogens is 2. The lowest BCUT2D eigenvalue weighted by Gasteiger charge is -2.05. The van der Waals surface area contributed by atoms with Gasteiger partial charge in [0.15, 0.2) is 0 Å². The Kier molecular flexibility index (Phi) is 4.95. The minimum absolute atomic E-state index is 0.238. The minimum atomic E-state index is -0.238. The Morgan fingerprint density at radius 1 is 1.30 bits per heavy atom. The van der Waals surface area contributed by atoms with Crippen molar-refractivity contribution >= 4 is 22.0 Å². The van der Waals surface area contributed by atoms with E-state index in [0.717, 1.165) is 15.7 Å². The summed E-state index contributed by atoms with van der Waals surface area (Å²) in [6, 6.07) is 9.57. The fourth-order valence-corrected chi connectivity index (χ4v) is 1.73. The van der Waals surface area contributed by atoms with E-state index in [2.05, 4.69) is 38.2 Å². The lowest BCUT2D eigenvalue weighted by Crippen LogP contribution is -2.35. The third kappa shape index (κ3) is 4.24. The van der Waals surface area contributed by atoms with Crippen LogP contribution in [0, 0.1) is 0 Å². The minimum Gasteiger partial charge on any atom is -0.334 e. The number of halogens is 1. The molecule has 0 spiro atoms. The lowest BCUT2D eigenvalue weighted by atomic mass is 10.3. The Labute approximate surface area is 125 Å². The van der Waals surface area contributed by atoms with Crippen LogP contribution in [0.15, 0.2) is 53.8 Å². The summed E-state index contributed by atoms with van der Waals surface area (Å²) in [6.45, 7) is 4.47. The van der Waals surface area contributed by atoms with E-state index in [1.165, 1.54) is 0 Å². The Hall–Kier alpha value is -2.08. The van der Waals surface area contributed by atoms with Crippen LogP contribution in [0.2, 0.25) is 0 Å². The van der Waals surface area contributed by atoms with Crippen LogP contribution in [0.1, 0.15) is 5.56 Å². The first-order valence-corrected chi connectivity index (χ1v) is 6.88. The van der Waals surface area contributed by atoms with E-state index in [-0.39, 0.29) is 6.03 Å². The molecule has 1 aromatic carbocycles. The average molecular weight is 335 g/mol. The van der Waals surface area contributed by atoms with Gasteiger partial charge in [-0.2, -0.15) is 5.10 Å². The summed E-state index contributed by atoms with van der Waals surface area (Å²) in [6.07, 6.45) is 3.62. The number of nitrogens with one attached hydrogen (secondary N) is 2. The van der Waals surface area contributed by atoms with E-state index in [1.54, 1.807) is 10.9 Å². The molecular formula is C14H15BrN4O. The molecule has 104 valence electrons. The van der Waals surface area contributed by atoms with Crippen molar-refractivity contribution in [3.05, 3.63) is 59.4 Å². The molecule has 0 aliphatic carbocycles. The van der Waals surface area contributed by atoms with Crippen molar-refractivity contribution in [2.45, 2.75) is 6.54 Å². The van der Waals surface area contributed by atoms with Crippen LogP contribution in [-0.4, -0.2) is 22.4 Å². The van der Waals surface area contributed by atoms with Crippen molar-refractivity contribution in [3.8, 4) is 5.69 Å². The number of nitrogens with zero attached hydrogens (tertiary/aromatic N) is 2. The molecule has 2 amide bonds. The predicted octanol–water partition coefficient (Wildman–Crippen LogP) is 2.58. The summed E-state index contributed by atoms with van der Waals surface area (Å²) in [5.41, 5.74) is 1.92. The highest BCUT2D eigenvalue weighted by atomic mass is 79.9. The molecule has 6 heteroatoms. The van der Waals surface area contributed by atoms with E-state index < -0.39 is 0 Å². The molecule has 2 N–H and O–H groups in total. The van der Waals surface area contributed by atoms with Gasteiger partial charge in [-0.05, 0) is 12.1 Å². The third-order valence-electron chi connectivity index (χ3n) is 2.55. The first-order chi connectivity index (χ1) is 9.65. The molecule has 0 aliphatic rings. The maximum absolute atomic E-state index is 11.5. The van der Waals surface area contributed by atoms with Gasteiger partial charge in [0.05, 0.1) is 18.4 Å². The molecule has 5 nitrogen and oxygen atoms in total. The second kappa shape index (κ2) is 6.91. The zero-order valence-electron chi connectivity index (χ0n) is 10.8. The van der Waals surface area contributed by atoms with E-state index in [0.29, 0.717) is 13.1 Å². The molecule has 20 heavy (non-hydrogen) atoms. The Bertz CT molecular complexity index is 594. The average Bonchev–Trinajstić information content (AvgIpc) is 2.93. The maximum atomic E-state index is 11.5. The molecule has 0 unspecified atom stereocenters. The fraction of sp³-hybridized carbons (Fsp3) is 0.143. The molecule has 0 saturated heterocycles. The zero-order chi connectivity index (χ0) is 14.4. The van der Waals surface area contributed by atoms with Crippen molar-refractivity contribution in [2.24, 2.45) is 0 Å². The summed E-state index contributed by atoms with van der Waals surface area (Å²) in [5, 5.41) is 9.68. The van der Waals surface area contributed by atoms with Crippen LogP contribution < -0.4 is 10.6 Å². The summed E-state index contributed by atoms with van der Waals surface area (Å²) in [7, 11) is 0. The van der Waals surface area contributed by atoms with E-state index >= 15 is 0 Å². The smallest absolute Gasteiger partial charge is 0.315 e. The molecule has 0 bridgehead atoms. The molecular weight excluding hydrogens is 320 g/mol. The number of para-hydroxylation sites is 1. The van der Waals surface area contributed by atoms with Gasteiger partial charge in [0.1, 0.15) is 0 Å². The number of rotatable bonds is 5. The molecule has 1 aromatic heterocycles. The Balaban J connectivity index is 1.87. The number of benzene rings is 1. The van der Waals surface area contributed by atoms with Crippen molar-refractivity contribution in [1.82, 2.24) is 20.4 Å². The van der Waals surface area contributed by atoms with Crippen LogP contribution in [0.3, 0.4) is 0 Å². The Morgan fingerprint density at radius 3 is 2.75 bits per heavy atom. The quantitative estimate of drug-likeness (QED) is 0.882. The fourth-order valence-electron chi connectivity index (χ4n) is 1.59. The number of hydrogen-bond acceptors (Lipinski definition) is 2. The van der Waals surface area contributed by atoms with Gasteiger partial charge >= 0.3 is 6.03 Å². The molecule has 0 atom stereocenters. The van der Waals surface area contributed by atoms with E-state index in [1.807, 2.05) is 36.5 Å². The van der Waals surface area contributed by atoms with Gasteiger partial charge in [-0.3, -0.25) is 0 Å².